The summed E-state index contributed by atoms with van der Waals surface area (Å²) in [6.45, 7) is 6.45. The second kappa shape index (κ2) is 4.70. The third-order valence-electron chi connectivity index (χ3n) is 2.37. The Balaban J connectivity index is 2.81. The van der Waals surface area contributed by atoms with Crippen molar-refractivity contribution in [2.45, 2.75) is 49.4 Å². The fraction of sp³-hybridized carbons (Fsp3) is 0.818. The SMILES string of the molecule is CC(=O)[C@@H]1CC(F)(I)CN1C(=O)OC(C)(C)C. The van der Waals surface area contributed by atoms with E-state index in [4.69, 9.17) is 4.74 Å². The number of alkyl halides is 2. The highest BCUT2D eigenvalue weighted by molar-refractivity contribution is 14.1. The summed E-state index contributed by atoms with van der Waals surface area (Å²) in [5.74, 6) is -0.216. The first-order chi connectivity index (χ1) is 7.52. The lowest BCUT2D eigenvalue weighted by Gasteiger charge is -2.27. The molecule has 1 amide bonds. The van der Waals surface area contributed by atoms with Gasteiger partial charge in [0.1, 0.15) is 5.60 Å². The number of amides is 1. The molecule has 17 heavy (non-hydrogen) atoms. The molecule has 0 saturated carbocycles. The number of carbonyl (C=O) groups excluding carboxylic acids is 2. The van der Waals surface area contributed by atoms with Gasteiger partial charge in [0.2, 0.25) is 0 Å². The molecule has 0 aliphatic carbocycles. The number of hydrogen-bond donors (Lipinski definition) is 0. The number of ketones is 1. The van der Waals surface area contributed by atoms with Gasteiger partial charge in [-0.2, -0.15) is 0 Å². The summed E-state index contributed by atoms with van der Waals surface area (Å²) in [5, 5.41) is 0. The molecule has 4 nitrogen and oxygen atoms in total. The van der Waals surface area contributed by atoms with Crippen molar-refractivity contribution in [3.8, 4) is 0 Å². The first-order valence-corrected chi connectivity index (χ1v) is 6.48. The summed E-state index contributed by atoms with van der Waals surface area (Å²) >= 11 is 1.63. The predicted octanol–water partition coefficient (Wildman–Crippen LogP) is 2.69. The van der Waals surface area contributed by atoms with Gasteiger partial charge < -0.3 is 4.74 Å². The molecule has 1 aliphatic rings. The first kappa shape index (κ1) is 14.7. The lowest BCUT2D eigenvalue weighted by molar-refractivity contribution is -0.121. The van der Waals surface area contributed by atoms with Gasteiger partial charge in [-0.25, -0.2) is 9.18 Å². The molecule has 0 aromatic rings. The van der Waals surface area contributed by atoms with E-state index in [1.807, 2.05) is 0 Å². The number of halogens is 2. The Hall–Kier alpha value is -0.400. The first-order valence-electron chi connectivity index (χ1n) is 5.40. The Kier molecular flexibility index (Phi) is 4.05. The quantitative estimate of drug-likeness (QED) is 0.536. The standard InChI is InChI=1S/C11H17FINO3/c1-7(15)8-5-11(12,13)6-14(8)9(16)17-10(2,3)4/h8H,5-6H2,1-4H3/t8-,11?/m0/s1. The molecular formula is C11H17FINO3. The van der Waals surface area contributed by atoms with Gasteiger partial charge in [0.15, 0.2) is 9.46 Å². The van der Waals surface area contributed by atoms with E-state index < -0.39 is 21.4 Å². The van der Waals surface area contributed by atoms with Crippen molar-refractivity contribution < 1.29 is 18.7 Å². The van der Waals surface area contributed by atoms with E-state index in [1.54, 1.807) is 43.4 Å². The second-order valence-electron chi connectivity index (χ2n) is 5.29. The van der Waals surface area contributed by atoms with Crippen LogP contribution in [-0.2, 0) is 9.53 Å². The van der Waals surface area contributed by atoms with Crippen LogP contribution in [0.4, 0.5) is 9.18 Å². The van der Waals surface area contributed by atoms with E-state index in [0.29, 0.717) is 0 Å². The molecule has 1 saturated heterocycles. The summed E-state index contributed by atoms with van der Waals surface area (Å²) in [7, 11) is 0. The highest BCUT2D eigenvalue weighted by Gasteiger charge is 2.47. The van der Waals surface area contributed by atoms with Crippen molar-refractivity contribution in [1.82, 2.24) is 4.90 Å². The molecule has 6 heteroatoms. The maximum atomic E-state index is 13.8. The lowest BCUT2D eigenvalue weighted by Crippen LogP contribution is -2.43. The third kappa shape index (κ3) is 4.08. The molecule has 0 aromatic heterocycles. The lowest BCUT2D eigenvalue weighted by atomic mass is 10.1. The molecule has 0 radical (unpaired) electrons. The van der Waals surface area contributed by atoms with Crippen molar-refractivity contribution in [2.24, 2.45) is 0 Å². The Morgan fingerprint density at radius 2 is 2.00 bits per heavy atom. The third-order valence-corrected chi connectivity index (χ3v) is 3.15. The van der Waals surface area contributed by atoms with Gasteiger partial charge in [-0.3, -0.25) is 9.69 Å². The van der Waals surface area contributed by atoms with Crippen molar-refractivity contribution in [3.63, 3.8) is 0 Å². The Labute approximate surface area is 114 Å². The fourth-order valence-electron chi connectivity index (χ4n) is 1.69. The monoisotopic (exact) mass is 357 g/mol. The molecule has 1 unspecified atom stereocenters. The molecule has 1 rings (SSSR count). The summed E-state index contributed by atoms with van der Waals surface area (Å²) < 4.78 is 17.5. The highest BCUT2D eigenvalue weighted by atomic mass is 127. The van der Waals surface area contributed by atoms with E-state index in [9.17, 15) is 14.0 Å². The van der Waals surface area contributed by atoms with Crippen LogP contribution in [0.5, 0.6) is 0 Å². The topological polar surface area (TPSA) is 46.6 Å². The molecule has 0 aromatic carbocycles. The van der Waals surface area contributed by atoms with E-state index in [-0.39, 0.29) is 18.7 Å². The largest absolute Gasteiger partial charge is 0.444 e. The van der Waals surface area contributed by atoms with E-state index >= 15 is 0 Å². The van der Waals surface area contributed by atoms with Gasteiger partial charge in [-0.15, -0.1) is 0 Å². The molecule has 1 fully saturated rings. The van der Waals surface area contributed by atoms with Crippen LogP contribution in [0, 0.1) is 0 Å². The van der Waals surface area contributed by atoms with Crippen LogP contribution >= 0.6 is 22.6 Å². The number of nitrogens with zero attached hydrogens (tertiary/aromatic N) is 1. The van der Waals surface area contributed by atoms with Gasteiger partial charge in [0.05, 0.1) is 12.6 Å². The van der Waals surface area contributed by atoms with Gasteiger partial charge in [-0.1, -0.05) is 0 Å². The highest BCUT2D eigenvalue weighted by Crippen LogP contribution is 2.37. The maximum Gasteiger partial charge on any atom is 0.411 e. The zero-order valence-corrected chi connectivity index (χ0v) is 12.6. The van der Waals surface area contributed by atoms with Crippen molar-refractivity contribution in [1.29, 1.82) is 0 Å². The van der Waals surface area contributed by atoms with Crippen LogP contribution in [0.1, 0.15) is 34.1 Å². The minimum Gasteiger partial charge on any atom is -0.444 e. The zero-order valence-electron chi connectivity index (χ0n) is 10.4. The van der Waals surface area contributed by atoms with Gasteiger partial charge in [0.25, 0.3) is 0 Å². The smallest absolute Gasteiger partial charge is 0.411 e. The van der Waals surface area contributed by atoms with Crippen molar-refractivity contribution >= 4 is 34.5 Å². The van der Waals surface area contributed by atoms with E-state index in [1.165, 1.54) is 11.8 Å². The molecule has 0 spiro atoms. The van der Waals surface area contributed by atoms with Crippen molar-refractivity contribution in [3.05, 3.63) is 0 Å². The van der Waals surface area contributed by atoms with Crippen LogP contribution in [0.15, 0.2) is 0 Å². The molecule has 1 heterocycles. The maximum absolute atomic E-state index is 13.8. The number of rotatable bonds is 1. The number of hydrogen-bond acceptors (Lipinski definition) is 3. The Morgan fingerprint density at radius 3 is 2.41 bits per heavy atom. The molecule has 2 atom stereocenters. The minimum absolute atomic E-state index is 0.0299. The fourth-order valence-corrected chi connectivity index (χ4v) is 2.48. The zero-order chi connectivity index (χ0) is 13.4. The average molecular weight is 357 g/mol. The number of carbonyl (C=O) groups is 2. The molecule has 0 bridgehead atoms. The molecular weight excluding hydrogens is 340 g/mol. The molecule has 1 aliphatic heterocycles. The number of likely N-dealkylation sites (tertiary alicyclic amines) is 1. The average Bonchev–Trinajstić information content (AvgIpc) is 2.38. The predicted molar refractivity (Wildman–Crippen MR) is 69.9 cm³/mol. The van der Waals surface area contributed by atoms with Crippen LogP contribution < -0.4 is 0 Å². The van der Waals surface area contributed by atoms with Crippen LogP contribution in [0.2, 0.25) is 0 Å². The number of Topliss-reactive ketones (excluding diaryl/α,β-unsaturated/α-hetero) is 1. The Bertz CT molecular complexity index is 338. The molecule has 0 N–H and O–H groups in total. The summed E-state index contributed by atoms with van der Waals surface area (Å²) in [6, 6.07) is -0.716. The number of ether oxygens (including phenoxy) is 1. The van der Waals surface area contributed by atoms with E-state index in [0.717, 1.165) is 0 Å². The molecule has 98 valence electrons. The minimum atomic E-state index is -1.55. The van der Waals surface area contributed by atoms with Crippen LogP contribution in [-0.4, -0.2) is 38.6 Å². The van der Waals surface area contributed by atoms with Gasteiger partial charge in [0, 0.05) is 6.42 Å². The normalized spacial score (nSPS) is 29.3. The van der Waals surface area contributed by atoms with Gasteiger partial charge in [-0.05, 0) is 50.3 Å². The summed E-state index contributed by atoms with van der Waals surface area (Å²) in [6.07, 6.45) is -0.601. The second-order valence-corrected chi connectivity index (χ2v) is 7.23. The Morgan fingerprint density at radius 1 is 1.47 bits per heavy atom. The summed E-state index contributed by atoms with van der Waals surface area (Å²) in [4.78, 5) is 24.4. The van der Waals surface area contributed by atoms with Crippen LogP contribution in [0.25, 0.3) is 0 Å². The van der Waals surface area contributed by atoms with Crippen LogP contribution in [0.3, 0.4) is 0 Å². The summed E-state index contributed by atoms with van der Waals surface area (Å²) in [5.41, 5.74) is -0.648. The van der Waals surface area contributed by atoms with E-state index in [2.05, 4.69) is 0 Å². The van der Waals surface area contributed by atoms with Gasteiger partial charge >= 0.3 is 6.09 Å². The van der Waals surface area contributed by atoms with Crippen molar-refractivity contribution in [2.75, 3.05) is 6.54 Å².